The van der Waals surface area contributed by atoms with Crippen LogP contribution in [0.5, 0.6) is 0 Å². The van der Waals surface area contributed by atoms with E-state index >= 15 is 0 Å². The molecule has 0 bridgehead atoms. The van der Waals surface area contributed by atoms with Gasteiger partial charge in [-0.15, -0.1) is 0 Å². The van der Waals surface area contributed by atoms with Crippen LogP contribution in [0.2, 0.25) is 0 Å². The van der Waals surface area contributed by atoms with Crippen molar-refractivity contribution in [1.29, 1.82) is 0 Å². The van der Waals surface area contributed by atoms with Crippen LogP contribution in [0.4, 0.5) is 15.9 Å². The first kappa shape index (κ1) is 17.9. The van der Waals surface area contributed by atoms with Gasteiger partial charge in [0.2, 0.25) is 0 Å². The number of anilines is 2. The normalized spacial score (nSPS) is 11.2. The zero-order valence-electron chi connectivity index (χ0n) is 14.1. The second kappa shape index (κ2) is 7.53. The Balaban J connectivity index is 1.63. The number of hydrogen-bond donors (Lipinski definition) is 2. The lowest BCUT2D eigenvalue weighted by Gasteiger charge is -2.09. The van der Waals surface area contributed by atoms with Gasteiger partial charge in [-0.3, -0.25) is 4.72 Å². The average Bonchev–Trinajstić information content (AvgIpc) is 2.62. The van der Waals surface area contributed by atoms with Crippen LogP contribution in [0.3, 0.4) is 0 Å². The molecule has 0 aliphatic rings. The summed E-state index contributed by atoms with van der Waals surface area (Å²) in [4.78, 5) is 4.08. The monoisotopic (exact) mass is 371 g/mol. The number of pyridine rings is 1. The Hall–Kier alpha value is -2.93. The summed E-state index contributed by atoms with van der Waals surface area (Å²) in [5.74, 6) is -0.304. The van der Waals surface area contributed by atoms with E-state index < -0.39 is 15.8 Å². The summed E-state index contributed by atoms with van der Waals surface area (Å²) in [6.45, 7) is 2.68. The molecule has 26 heavy (non-hydrogen) atoms. The maximum Gasteiger partial charge on any atom is 0.263 e. The molecule has 5 nitrogen and oxygen atoms in total. The first-order chi connectivity index (χ1) is 12.4. The van der Waals surface area contributed by atoms with Gasteiger partial charge in [0.25, 0.3) is 10.0 Å². The molecule has 134 valence electrons. The lowest BCUT2D eigenvalue weighted by Crippen LogP contribution is -2.14. The van der Waals surface area contributed by atoms with Crippen molar-refractivity contribution in [3.63, 3.8) is 0 Å². The molecule has 0 atom stereocenters. The van der Waals surface area contributed by atoms with E-state index in [4.69, 9.17) is 0 Å². The summed E-state index contributed by atoms with van der Waals surface area (Å²) in [5, 5.41) is 3.23. The smallest absolute Gasteiger partial charge is 0.263 e. The maximum atomic E-state index is 12.9. The number of rotatable bonds is 6. The van der Waals surface area contributed by atoms with Crippen molar-refractivity contribution >= 4 is 21.5 Å². The molecule has 0 aliphatic carbocycles. The zero-order chi connectivity index (χ0) is 18.6. The lowest BCUT2D eigenvalue weighted by molar-refractivity contribution is 0.599. The Morgan fingerprint density at radius 1 is 0.962 bits per heavy atom. The quantitative estimate of drug-likeness (QED) is 0.688. The van der Waals surface area contributed by atoms with Gasteiger partial charge in [0.05, 0.1) is 16.8 Å². The van der Waals surface area contributed by atoms with Crippen molar-refractivity contribution in [2.45, 2.75) is 18.4 Å². The highest BCUT2D eigenvalue weighted by Crippen LogP contribution is 2.17. The summed E-state index contributed by atoms with van der Waals surface area (Å²) in [6.07, 6.45) is 1.55. The lowest BCUT2D eigenvalue weighted by atomic mass is 10.1. The predicted octanol–water partition coefficient (Wildman–Crippen LogP) is 3.94. The third-order valence-electron chi connectivity index (χ3n) is 3.74. The molecule has 7 heteroatoms. The average molecular weight is 371 g/mol. The number of hydrogen-bond acceptors (Lipinski definition) is 4. The fourth-order valence-electron chi connectivity index (χ4n) is 2.28. The molecular formula is C19H18FN3O2S. The van der Waals surface area contributed by atoms with E-state index in [9.17, 15) is 12.8 Å². The predicted molar refractivity (Wildman–Crippen MR) is 100.0 cm³/mol. The highest BCUT2D eigenvalue weighted by molar-refractivity contribution is 7.92. The summed E-state index contributed by atoms with van der Waals surface area (Å²) in [6, 6.07) is 16.1. The Labute approximate surface area is 152 Å². The molecule has 0 amide bonds. The van der Waals surface area contributed by atoms with E-state index in [0.717, 1.165) is 23.4 Å². The first-order valence-corrected chi connectivity index (χ1v) is 9.44. The minimum atomic E-state index is -3.80. The zero-order valence-corrected chi connectivity index (χ0v) is 14.9. The van der Waals surface area contributed by atoms with Crippen molar-refractivity contribution in [2.75, 3.05) is 10.0 Å². The van der Waals surface area contributed by atoms with Crippen LogP contribution >= 0.6 is 0 Å². The number of halogens is 1. The van der Waals surface area contributed by atoms with Crippen molar-refractivity contribution < 1.29 is 12.8 Å². The Kier molecular flexibility index (Phi) is 5.18. The highest BCUT2D eigenvalue weighted by Gasteiger charge is 2.14. The van der Waals surface area contributed by atoms with Gasteiger partial charge in [0, 0.05) is 6.54 Å². The largest absolute Gasteiger partial charge is 0.380 e. The molecule has 1 heterocycles. The van der Waals surface area contributed by atoms with E-state index in [1.807, 2.05) is 31.2 Å². The second-order valence-electron chi connectivity index (χ2n) is 5.83. The maximum absolute atomic E-state index is 12.9. The molecule has 2 N–H and O–H groups in total. The molecule has 0 unspecified atom stereocenters. The van der Waals surface area contributed by atoms with Crippen LogP contribution in [-0.4, -0.2) is 13.4 Å². The van der Waals surface area contributed by atoms with Gasteiger partial charge in [-0.1, -0.05) is 29.8 Å². The van der Waals surface area contributed by atoms with Gasteiger partial charge in [-0.05, 0) is 48.9 Å². The van der Waals surface area contributed by atoms with Crippen LogP contribution in [0.25, 0.3) is 0 Å². The molecule has 2 aromatic carbocycles. The molecule has 0 spiro atoms. The molecule has 0 radical (unpaired) electrons. The molecule has 0 saturated heterocycles. The van der Waals surface area contributed by atoms with E-state index in [-0.39, 0.29) is 10.7 Å². The SMILES string of the molecule is Cc1ccc(CNc2ccc(NS(=O)(=O)c3ccc(F)cc3)nc2)cc1. The summed E-state index contributed by atoms with van der Waals surface area (Å²) >= 11 is 0. The minimum absolute atomic E-state index is 0.0257. The van der Waals surface area contributed by atoms with Crippen molar-refractivity contribution in [2.24, 2.45) is 0 Å². The van der Waals surface area contributed by atoms with Crippen molar-refractivity contribution in [1.82, 2.24) is 4.98 Å². The van der Waals surface area contributed by atoms with Crippen LogP contribution in [0, 0.1) is 12.7 Å². The summed E-state index contributed by atoms with van der Waals surface area (Å²) in [7, 11) is -3.80. The topological polar surface area (TPSA) is 71.1 Å². The van der Waals surface area contributed by atoms with Crippen LogP contribution in [0.15, 0.2) is 71.8 Å². The summed E-state index contributed by atoms with van der Waals surface area (Å²) < 4.78 is 39.8. The fourth-order valence-corrected chi connectivity index (χ4v) is 3.29. The fraction of sp³-hybridized carbons (Fsp3) is 0.105. The second-order valence-corrected chi connectivity index (χ2v) is 7.51. The first-order valence-electron chi connectivity index (χ1n) is 7.96. The van der Waals surface area contributed by atoms with E-state index in [1.54, 1.807) is 18.3 Å². The van der Waals surface area contributed by atoms with Crippen molar-refractivity contribution in [3.8, 4) is 0 Å². The molecule has 3 aromatic rings. The number of aryl methyl sites for hydroxylation is 1. The number of nitrogens with zero attached hydrogens (tertiary/aromatic N) is 1. The molecule has 3 rings (SSSR count). The Bertz CT molecular complexity index is 971. The number of benzene rings is 2. The molecule has 0 saturated carbocycles. The van der Waals surface area contributed by atoms with E-state index in [0.29, 0.717) is 6.54 Å². The third-order valence-corrected chi connectivity index (χ3v) is 5.11. The summed E-state index contributed by atoms with van der Waals surface area (Å²) in [5.41, 5.74) is 3.11. The molecular weight excluding hydrogens is 353 g/mol. The number of aromatic nitrogens is 1. The third kappa shape index (κ3) is 4.58. The Morgan fingerprint density at radius 2 is 1.65 bits per heavy atom. The highest BCUT2D eigenvalue weighted by atomic mass is 32.2. The van der Waals surface area contributed by atoms with Crippen molar-refractivity contribution in [3.05, 3.63) is 83.8 Å². The number of nitrogens with one attached hydrogen (secondary N) is 2. The van der Waals surface area contributed by atoms with Gasteiger partial charge < -0.3 is 5.32 Å². The van der Waals surface area contributed by atoms with Gasteiger partial charge >= 0.3 is 0 Å². The minimum Gasteiger partial charge on any atom is -0.380 e. The van der Waals surface area contributed by atoms with Gasteiger partial charge in [0.15, 0.2) is 0 Å². The molecule has 0 fully saturated rings. The van der Waals surface area contributed by atoms with Gasteiger partial charge in [-0.2, -0.15) is 0 Å². The van der Waals surface area contributed by atoms with Crippen LogP contribution < -0.4 is 10.0 Å². The van der Waals surface area contributed by atoms with Crippen LogP contribution in [-0.2, 0) is 16.6 Å². The van der Waals surface area contributed by atoms with E-state index in [2.05, 4.69) is 15.0 Å². The number of sulfonamides is 1. The van der Waals surface area contributed by atoms with Gasteiger partial charge in [-0.25, -0.2) is 17.8 Å². The molecule has 0 aliphatic heterocycles. The van der Waals surface area contributed by atoms with E-state index in [1.165, 1.54) is 17.7 Å². The van der Waals surface area contributed by atoms with Gasteiger partial charge in [0.1, 0.15) is 11.6 Å². The Morgan fingerprint density at radius 3 is 2.27 bits per heavy atom. The van der Waals surface area contributed by atoms with Crippen LogP contribution in [0.1, 0.15) is 11.1 Å². The molecule has 1 aromatic heterocycles. The standard InChI is InChI=1S/C19H18FN3O2S/c1-14-2-4-15(5-3-14)12-21-17-8-11-19(22-13-17)23-26(24,25)18-9-6-16(20)7-10-18/h2-11,13,21H,12H2,1H3,(H,22,23).